The number of nitrogens with one attached hydrogen (secondary N) is 1. The Morgan fingerprint density at radius 3 is 2.61 bits per heavy atom. The van der Waals surface area contributed by atoms with Crippen molar-refractivity contribution in [2.75, 3.05) is 30.4 Å². The number of methoxy groups -OCH3 is 1. The van der Waals surface area contributed by atoms with Gasteiger partial charge >= 0.3 is 6.03 Å². The topological polar surface area (TPSA) is 61.9 Å². The van der Waals surface area contributed by atoms with E-state index in [1.165, 1.54) is 6.07 Å². The highest BCUT2D eigenvalue weighted by Crippen LogP contribution is 2.25. The molecule has 1 N–H and O–H groups in total. The molecule has 3 aromatic carbocycles. The van der Waals surface area contributed by atoms with E-state index in [9.17, 15) is 14.0 Å². The molecule has 4 rings (SSSR count). The molecule has 1 fully saturated rings. The molecule has 0 bridgehead atoms. The minimum Gasteiger partial charge on any atom is -0.497 e. The summed E-state index contributed by atoms with van der Waals surface area (Å²) in [6, 6.07) is 18.5. The zero-order valence-electron chi connectivity index (χ0n) is 18.1. The van der Waals surface area contributed by atoms with Gasteiger partial charge in [0.15, 0.2) is 0 Å². The third-order valence-electron chi connectivity index (χ3n) is 5.47. The van der Waals surface area contributed by atoms with Gasteiger partial charge in [0.2, 0.25) is 0 Å². The lowest BCUT2D eigenvalue weighted by Gasteiger charge is -2.35. The van der Waals surface area contributed by atoms with Crippen molar-refractivity contribution < 1.29 is 18.7 Å². The van der Waals surface area contributed by atoms with Gasteiger partial charge in [-0.05, 0) is 55.0 Å². The first-order chi connectivity index (χ1) is 16.0. The summed E-state index contributed by atoms with van der Waals surface area (Å²) in [7, 11) is 1.55. The van der Waals surface area contributed by atoms with E-state index < -0.39 is 5.82 Å². The predicted molar refractivity (Wildman–Crippen MR) is 127 cm³/mol. The normalized spacial score (nSPS) is 13.7. The third-order valence-corrected chi connectivity index (χ3v) is 5.76. The number of urea groups is 1. The van der Waals surface area contributed by atoms with Crippen molar-refractivity contribution in [3.05, 3.63) is 88.7 Å². The Labute approximate surface area is 196 Å². The fourth-order valence-corrected chi connectivity index (χ4v) is 3.93. The number of halogens is 2. The van der Waals surface area contributed by atoms with E-state index in [2.05, 4.69) is 5.32 Å². The molecule has 0 aliphatic carbocycles. The number of carbonyl (C=O) groups excluding carboxylic acids is 2. The quantitative estimate of drug-likeness (QED) is 0.515. The molecule has 1 aliphatic rings. The molecule has 3 aromatic rings. The van der Waals surface area contributed by atoms with Crippen LogP contribution in [0.2, 0.25) is 5.02 Å². The second-order valence-electron chi connectivity index (χ2n) is 7.66. The Bertz CT molecular complexity index is 1170. The molecule has 3 amide bonds. The van der Waals surface area contributed by atoms with Crippen LogP contribution in [0.1, 0.15) is 22.3 Å². The first kappa shape index (κ1) is 22.6. The minimum atomic E-state index is -0.500. The van der Waals surface area contributed by atoms with Crippen molar-refractivity contribution in [2.24, 2.45) is 0 Å². The van der Waals surface area contributed by atoms with Gasteiger partial charge in [-0.2, -0.15) is 0 Å². The molecular formula is C25H23ClFN3O3. The lowest BCUT2D eigenvalue weighted by molar-refractivity contribution is 0.102. The number of rotatable bonds is 6. The average molecular weight is 468 g/mol. The van der Waals surface area contributed by atoms with Crippen molar-refractivity contribution in [3.8, 4) is 5.75 Å². The summed E-state index contributed by atoms with van der Waals surface area (Å²) in [6.45, 7) is 1.25. The maximum atomic E-state index is 14.3. The summed E-state index contributed by atoms with van der Waals surface area (Å²) in [4.78, 5) is 28.8. The van der Waals surface area contributed by atoms with Crippen LogP contribution >= 0.6 is 11.6 Å². The number of amides is 3. The van der Waals surface area contributed by atoms with Gasteiger partial charge in [0.1, 0.15) is 11.6 Å². The van der Waals surface area contributed by atoms with Gasteiger partial charge in [-0.1, -0.05) is 29.8 Å². The van der Waals surface area contributed by atoms with Gasteiger partial charge < -0.3 is 15.0 Å². The lowest BCUT2D eigenvalue weighted by atomic mass is 10.1. The zero-order chi connectivity index (χ0) is 23.4. The number of carbonyl (C=O) groups is 2. The standard InChI is InChI=1S/C25H23ClFN3O3/c1-33-21-7-2-5-17(15-21)24(31)28-19-9-11-20(12-10-19)30-14-4-13-29(25(30)32)16-18-6-3-8-22(26)23(18)27/h2-3,5-12,15H,4,13-14,16H2,1H3,(H,28,31). The molecule has 8 heteroatoms. The largest absolute Gasteiger partial charge is 0.497 e. The second-order valence-corrected chi connectivity index (χ2v) is 8.06. The summed E-state index contributed by atoms with van der Waals surface area (Å²) in [5.74, 6) is -0.158. The van der Waals surface area contributed by atoms with Crippen molar-refractivity contribution in [1.29, 1.82) is 0 Å². The van der Waals surface area contributed by atoms with Gasteiger partial charge in [0.25, 0.3) is 5.91 Å². The zero-order valence-corrected chi connectivity index (χ0v) is 18.8. The molecule has 0 radical (unpaired) electrons. The molecule has 0 aromatic heterocycles. The maximum absolute atomic E-state index is 14.3. The second kappa shape index (κ2) is 9.92. The van der Waals surface area contributed by atoms with Crippen LogP contribution in [-0.2, 0) is 6.54 Å². The van der Waals surface area contributed by atoms with E-state index >= 15 is 0 Å². The van der Waals surface area contributed by atoms with Crippen molar-refractivity contribution in [1.82, 2.24) is 4.90 Å². The number of hydrogen-bond acceptors (Lipinski definition) is 3. The van der Waals surface area contributed by atoms with Gasteiger partial charge in [-0.3, -0.25) is 9.69 Å². The Hall–Kier alpha value is -3.58. The third kappa shape index (κ3) is 5.09. The van der Waals surface area contributed by atoms with E-state index in [1.54, 1.807) is 77.6 Å². The van der Waals surface area contributed by atoms with Crippen LogP contribution in [0.15, 0.2) is 66.7 Å². The van der Waals surface area contributed by atoms with Crippen LogP contribution in [0.25, 0.3) is 0 Å². The first-order valence-electron chi connectivity index (χ1n) is 10.5. The molecule has 0 atom stereocenters. The number of benzene rings is 3. The maximum Gasteiger partial charge on any atom is 0.324 e. The van der Waals surface area contributed by atoms with Crippen LogP contribution in [0, 0.1) is 5.82 Å². The molecule has 33 heavy (non-hydrogen) atoms. The lowest BCUT2D eigenvalue weighted by Crippen LogP contribution is -2.49. The van der Waals surface area contributed by atoms with Crippen molar-refractivity contribution >= 4 is 34.9 Å². The highest BCUT2D eigenvalue weighted by atomic mass is 35.5. The molecule has 1 saturated heterocycles. The van der Waals surface area contributed by atoms with Crippen LogP contribution in [0.4, 0.5) is 20.6 Å². The molecule has 170 valence electrons. The predicted octanol–water partition coefficient (Wildman–Crippen LogP) is 5.57. The molecule has 1 aliphatic heterocycles. The van der Waals surface area contributed by atoms with Crippen LogP contribution in [0.5, 0.6) is 5.75 Å². The summed E-state index contributed by atoms with van der Waals surface area (Å²) in [5.41, 5.74) is 2.17. The van der Waals surface area contributed by atoms with Gasteiger partial charge in [0, 0.05) is 35.6 Å². The van der Waals surface area contributed by atoms with Crippen molar-refractivity contribution in [2.45, 2.75) is 13.0 Å². The SMILES string of the molecule is COc1cccc(C(=O)Nc2ccc(N3CCCN(Cc4cccc(Cl)c4F)C3=O)cc2)c1. The molecule has 0 spiro atoms. The van der Waals surface area contributed by atoms with Crippen LogP contribution in [0.3, 0.4) is 0 Å². The van der Waals surface area contributed by atoms with Crippen LogP contribution in [-0.4, -0.2) is 37.0 Å². The van der Waals surface area contributed by atoms with E-state index in [0.717, 1.165) is 6.42 Å². The van der Waals surface area contributed by atoms with E-state index in [1.807, 2.05) is 0 Å². The minimum absolute atomic E-state index is 0.0420. The molecular weight excluding hydrogens is 445 g/mol. The average Bonchev–Trinajstić information content (AvgIpc) is 2.84. The van der Waals surface area contributed by atoms with E-state index in [-0.39, 0.29) is 23.5 Å². The monoisotopic (exact) mass is 467 g/mol. The highest BCUT2D eigenvalue weighted by molar-refractivity contribution is 6.30. The Morgan fingerprint density at radius 2 is 1.85 bits per heavy atom. The molecule has 1 heterocycles. The fraction of sp³-hybridized carbons (Fsp3) is 0.200. The first-order valence-corrected chi connectivity index (χ1v) is 10.9. The van der Waals surface area contributed by atoms with Gasteiger partial charge in [-0.15, -0.1) is 0 Å². The Balaban J connectivity index is 1.44. The van der Waals surface area contributed by atoms with E-state index in [4.69, 9.17) is 16.3 Å². The summed E-state index contributed by atoms with van der Waals surface area (Å²) >= 11 is 5.87. The van der Waals surface area contributed by atoms with Crippen LogP contribution < -0.4 is 15.0 Å². The molecule has 0 unspecified atom stereocenters. The summed E-state index contributed by atoms with van der Waals surface area (Å²) < 4.78 is 19.5. The highest BCUT2D eigenvalue weighted by Gasteiger charge is 2.27. The number of hydrogen-bond donors (Lipinski definition) is 1. The smallest absolute Gasteiger partial charge is 0.324 e. The molecule has 0 saturated carbocycles. The fourth-order valence-electron chi connectivity index (χ4n) is 3.74. The van der Waals surface area contributed by atoms with Gasteiger partial charge in [0.05, 0.1) is 18.7 Å². The molecule has 6 nitrogen and oxygen atoms in total. The number of ether oxygens (including phenoxy) is 1. The Morgan fingerprint density at radius 1 is 1.09 bits per heavy atom. The van der Waals surface area contributed by atoms with E-state index in [0.29, 0.717) is 41.3 Å². The number of nitrogens with zero attached hydrogens (tertiary/aromatic N) is 2. The Kier molecular flexibility index (Phi) is 6.79. The number of anilines is 2. The van der Waals surface area contributed by atoms with Gasteiger partial charge in [-0.25, -0.2) is 9.18 Å². The van der Waals surface area contributed by atoms with Crippen molar-refractivity contribution in [3.63, 3.8) is 0 Å². The summed E-state index contributed by atoms with van der Waals surface area (Å²) in [6.07, 6.45) is 0.752. The summed E-state index contributed by atoms with van der Waals surface area (Å²) in [5, 5.41) is 2.88.